The number of nitrogens with zero attached hydrogens (tertiary/aromatic N) is 2. The first-order valence-electron chi connectivity index (χ1n) is 8.03. The van der Waals surface area contributed by atoms with E-state index in [1.807, 2.05) is 29.6 Å². The predicted molar refractivity (Wildman–Crippen MR) is 92.5 cm³/mol. The third-order valence-electron chi connectivity index (χ3n) is 4.79. The van der Waals surface area contributed by atoms with Gasteiger partial charge in [0.15, 0.2) is 0 Å². The minimum Gasteiger partial charge on any atom is -0.195 e. The normalized spacial score (nSPS) is 23.0. The Hall–Kier alpha value is -1.21. The smallest absolute Gasteiger partial charge is 0.195 e. The maximum atomic E-state index is 13.2. The quantitative estimate of drug-likeness (QED) is 0.855. The van der Waals surface area contributed by atoms with Crippen LogP contribution in [0.5, 0.6) is 0 Å². The summed E-state index contributed by atoms with van der Waals surface area (Å²) >= 11 is 1.65. The predicted octanol–water partition coefficient (Wildman–Crippen LogP) is 3.19. The van der Waals surface area contributed by atoms with Crippen LogP contribution in [0.15, 0.2) is 41.8 Å². The van der Waals surface area contributed by atoms with Gasteiger partial charge in [-0.1, -0.05) is 30.3 Å². The molecule has 4 rings (SSSR count). The van der Waals surface area contributed by atoms with E-state index in [-0.39, 0.29) is 6.04 Å². The van der Waals surface area contributed by atoms with Crippen LogP contribution in [0.2, 0.25) is 0 Å². The summed E-state index contributed by atoms with van der Waals surface area (Å²) in [5.41, 5.74) is 2.41. The molecule has 0 spiro atoms. The topological polar surface area (TPSA) is 40.6 Å². The van der Waals surface area contributed by atoms with Crippen molar-refractivity contribution in [2.75, 3.05) is 13.1 Å². The fourth-order valence-corrected chi connectivity index (χ4v) is 6.36. The second-order valence-corrected chi connectivity index (χ2v) is 9.00. The van der Waals surface area contributed by atoms with Gasteiger partial charge < -0.3 is 0 Å². The molecule has 0 unspecified atom stereocenters. The molecule has 1 fully saturated rings. The third kappa shape index (κ3) is 2.74. The van der Waals surface area contributed by atoms with E-state index in [0.29, 0.717) is 19.6 Å². The Balaban J connectivity index is 1.61. The summed E-state index contributed by atoms with van der Waals surface area (Å²) < 4.78 is 29.7. The number of hydrogen-bond acceptors (Lipinski definition) is 3. The first-order chi connectivity index (χ1) is 11.2. The molecule has 23 heavy (non-hydrogen) atoms. The van der Waals surface area contributed by atoms with Crippen molar-refractivity contribution in [3.63, 3.8) is 0 Å². The summed E-state index contributed by atoms with van der Waals surface area (Å²) in [5.74, 6) is 0. The molecule has 2 aliphatic heterocycles. The molecule has 1 aromatic heterocycles. The number of hydrogen-bond donors (Lipinski definition) is 0. The summed E-state index contributed by atoms with van der Waals surface area (Å²) in [5, 5.41) is 2.02. The molecule has 122 valence electrons. The molecule has 2 aromatic rings. The van der Waals surface area contributed by atoms with Crippen molar-refractivity contribution in [3.05, 3.63) is 57.8 Å². The molecule has 0 bridgehead atoms. The lowest BCUT2D eigenvalue weighted by Crippen LogP contribution is -2.45. The van der Waals surface area contributed by atoms with Crippen LogP contribution in [0.25, 0.3) is 0 Å². The van der Waals surface area contributed by atoms with Crippen LogP contribution >= 0.6 is 11.3 Å². The van der Waals surface area contributed by atoms with Gasteiger partial charge in [0.05, 0.1) is 6.04 Å². The number of thiophene rings is 1. The second-order valence-electron chi connectivity index (χ2n) is 6.14. The molecule has 0 saturated carbocycles. The summed E-state index contributed by atoms with van der Waals surface area (Å²) in [7, 11) is -3.41. The molecule has 0 radical (unpaired) electrons. The molecule has 2 aliphatic rings. The first kappa shape index (κ1) is 15.3. The van der Waals surface area contributed by atoms with Crippen molar-refractivity contribution in [2.24, 2.45) is 0 Å². The first-order valence-corrected chi connectivity index (χ1v) is 10.3. The lowest BCUT2D eigenvalue weighted by molar-refractivity contribution is 0.318. The molecule has 0 amide bonds. The highest BCUT2D eigenvalue weighted by molar-refractivity contribution is 7.86. The Bertz CT molecular complexity index is 787. The fraction of sp³-hybridized carbons (Fsp3) is 0.412. The molecule has 4 nitrogen and oxygen atoms in total. The van der Waals surface area contributed by atoms with Crippen molar-refractivity contribution in [1.29, 1.82) is 0 Å². The van der Waals surface area contributed by atoms with Crippen molar-refractivity contribution in [1.82, 2.24) is 8.61 Å². The monoisotopic (exact) mass is 348 g/mol. The van der Waals surface area contributed by atoms with E-state index in [0.717, 1.165) is 29.7 Å². The minimum atomic E-state index is -3.41. The van der Waals surface area contributed by atoms with Crippen molar-refractivity contribution in [3.8, 4) is 0 Å². The van der Waals surface area contributed by atoms with Crippen LogP contribution in [0.4, 0.5) is 0 Å². The van der Waals surface area contributed by atoms with Gasteiger partial charge in [-0.05, 0) is 41.8 Å². The SMILES string of the molecule is O=S(=O)(N1CCc2ccccc2C1)N1CCC[C@H]1c1cccs1. The van der Waals surface area contributed by atoms with E-state index in [9.17, 15) is 8.42 Å². The highest BCUT2D eigenvalue weighted by Crippen LogP contribution is 2.38. The molecular formula is C17H20N2O2S2. The largest absolute Gasteiger partial charge is 0.282 e. The summed E-state index contributed by atoms with van der Waals surface area (Å²) in [6.07, 6.45) is 2.66. The van der Waals surface area contributed by atoms with Crippen LogP contribution in [0.3, 0.4) is 0 Å². The van der Waals surface area contributed by atoms with Crippen LogP contribution < -0.4 is 0 Å². The van der Waals surface area contributed by atoms with Gasteiger partial charge in [0, 0.05) is 24.5 Å². The van der Waals surface area contributed by atoms with E-state index >= 15 is 0 Å². The Morgan fingerprint density at radius 2 is 1.87 bits per heavy atom. The summed E-state index contributed by atoms with van der Waals surface area (Å²) in [4.78, 5) is 1.16. The Morgan fingerprint density at radius 3 is 2.65 bits per heavy atom. The minimum absolute atomic E-state index is 0.0113. The lowest BCUT2D eigenvalue weighted by Gasteiger charge is -2.33. The maximum Gasteiger partial charge on any atom is 0.282 e. The number of fused-ring (bicyclic) bond motifs is 1. The van der Waals surface area contributed by atoms with Crippen LogP contribution in [0.1, 0.15) is 34.9 Å². The molecule has 1 aromatic carbocycles. The van der Waals surface area contributed by atoms with Gasteiger partial charge >= 0.3 is 0 Å². The Morgan fingerprint density at radius 1 is 1.04 bits per heavy atom. The van der Waals surface area contributed by atoms with E-state index in [1.54, 1.807) is 19.9 Å². The molecule has 0 aliphatic carbocycles. The standard InChI is InChI=1S/C17H20N2O2S2/c20-23(21,18-11-9-14-5-1-2-6-15(14)13-18)19-10-3-7-16(19)17-8-4-12-22-17/h1-2,4-6,8,12,16H,3,7,9-11,13H2/t16-/m0/s1. The fourth-order valence-electron chi connectivity index (χ4n) is 3.60. The van der Waals surface area contributed by atoms with E-state index in [2.05, 4.69) is 12.1 Å². The molecule has 1 saturated heterocycles. The highest BCUT2D eigenvalue weighted by Gasteiger charge is 2.40. The average Bonchev–Trinajstić information content (AvgIpc) is 3.25. The molecule has 6 heteroatoms. The van der Waals surface area contributed by atoms with Gasteiger partial charge in [0.25, 0.3) is 10.2 Å². The van der Waals surface area contributed by atoms with Crippen molar-refractivity contribution >= 4 is 21.5 Å². The van der Waals surface area contributed by atoms with Crippen LogP contribution in [-0.2, 0) is 23.2 Å². The summed E-state index contributed by atoms with van der Waals surface area (Å²) in [6.45, 7) is 1.70. The average molecular weight is 348 g/mol. The second kappa shape index (κ2) is 6.02. The van der Waals surface area contributed by atoms with Gasteiger partial charge in [-0.2, -0.15) is 17.0 Å². The van der Waals surface area contributed by atoms with Gasteiger partial charge in [0.1, 0.15) is 0 Å². The van der Waals surface area contributed by atoms with Gasteiger partial charge in [-0.15, -0.1) is 11.3 Å². The summed E-state index contributed by atoms with van der Waals surface area (Å²) in [6, 6.07) is 12.2. The zero-order chi connectivity index (χ0) is 15.9. The Labute approximate surface area is 141 Å². The molecule has 3 heterocycles. The number of benzene rings is 1. The maximum absolute atomic E-state index is 13.2. The molecule has 1 atom stereocenters. The Kier molecular flexibility index (Phi) is 4.01. The van der Waals surface area contributed by atoms with Gasteiger partial charge in [-0.3, -0.25) is 0 Å². The molecule has 0 N–H and O–H groups in total. The van der Waals surface area contributed by atoms with Crippen LogP contribution in [0, 0.1) is 0 Å². The van der Waals surface area contributed by atoms with Crippen molar-refractivity contribution < 1.29 is 8.42 Å². The zero-order valence-electron chi connectivity index (χ0n) is 12.9. The van der Waals surface area contributed by atoms with E-state index in [4.69, 9.17) is 0 Å². The lowest BCUT2D eigenvalue weighted by atomic mass is 10.0. The zero-order valence-corrected chi connectivity index (χ0v) is 14.5. The van der Waals surface area contributed by atoms with Gasteiger partial charge in [-0.25, -0.2) is 0 Å². The number of rotatable bonds is 3. The van der Waals surface area contributed by atoms with E-state index < -0.39 is 10.2 Å². The van der Waals surface area contributed by atoms with E-state index in [1.165, 1.54) is 5.56 Å². The highest BCUT2D eigenvalue weighted by atomic mass is 32.2. The van der Waals surface area contributed by atoms with Crippen molar-refractivity contribution in [2.45, 2.75) is 31.8 Å². The van der Waals surface area contributed by atoms with Gasteiger partial charge in [0.2, 0.25) is 0 Å². The molecular weight excluding hydrogens is 328 g/mol. The van der Waals surface area contributed by atoms with Crippen LogP contribution in [-0.4, -0.2) is 30.1 Å². The third-order valence-corrected chi connectivity index (χ3v) is 7.76.